The lowest BCUT2D eigenvalue weighted by molar-refractivity contribution is 0.580. The SMILES string of the molecule is CC(C)n1c(CCCCl)nc2cc(Cl)ccc21. The van der Waals surface area contributed by atoms with Crippen molar-refractivity contribution < 1.29 is 0 Å². The van der Waals surface area contributed by atoms with Gasteiger partial charge in [0.05, 0.1) is 11.0 Å². The van der Waals surface area contributed by atoms with E-state index in [1.807, 2.05) is 18.2 Å². The fourth-order valence-electron chi connectivity index (χ4n) is 2.10. The molecule has 0 amide bonds. The minimum atomic E-state index is 0.395. The summed E-state index contributed by atoms with van der Waals surface area (Å²) in [6.07, 6.45) is 1.86. The van der Waals surface area contributed by atoms with Gasteiger partial charge in [-0.3, -0.25) is 0 Å². The lowest BCUT2D eigenvalue weighted by Crippen LogP contribution is -2.06. The molecule has 1 aromatic heterocycles. The van der Waals surface area contributed by atoms with E-state index < -0.39 is 0 Å². The van der Waals surface area contributed by atoms with E-state index in [0.717, 1.165) is 34.7 Å². The van der Waals surface area contributed by atoms with Crippen LogP contribution in [-0.2, 0) is 6.42 Å². The van der Waals surface area contributed by atoms with Crippen LogP contribution in [0.25, 0.3) is 11.0 Å². The molecule has 92 valence electrons. The van der Waals surface area contributed by atoms with E-state index >= 15 is 0 Å². The van der Waals surface area contributed by atoms with Gasteiger partial charge in [-0.15, -0.1) is 11.6 Å². The molecule has 0 saturated carbocycles. The van der Waals surface area contributed by atoms with Crippen molar-refractivity contribution in [1.29, 1.82) is 0 Å². The fraction of sp³-hybridized carbons (Fsp3) is 0.462. The summed E-state index contributed by atoms with van der Waals surface area (Å²) < 4.78 is 2.26. The first-order valence-electron chi connectivity index (χ1n) is 5.86. The molecule has 0 N–H and O–H groups in total. The Morgan fingerprint density at radius 1 is 1.35 bits per heavy atom. The predicted octanol–water partition coefficient (Wildman–Crippen LogP) is 4.44. The summed E-state index contributed by atoms with van der Waals surface area (Å²) in [5.74, 6) is 1.76. The highest BCUT2D eigenvalue weighted by Gasteiger charge is 2.12. The predicted molar refractivity (Wildman–Crippen MR) is 74.2 cm³/mol. The van der Waals surface area contributed by atoms with E-state index in [-0.39, 0.29) is 0 Å². The van der Waals surface area contributed by atoms with Gasteiger partial charge in [0, 0.05) is 23.4 Å². The lowest BCUT2D eigenvalue weighted by atomic mass is 10.2. The van der Waals surface area contributed by atoms with E-state index in [1.54, 1.807) is 0 Å². The first-order chi connectivity index (χ1) is 8.13. The molecule has 0 atom stereocenters. The number of aryl methyl sites for hydroxylation is 1. The van der Waals surface area contributed by atoms with Gasteiger partial charge < -0.3 is 4.57 Å². The van der Waals surface area contributed by atoms with Crippen molar-refractivity contribution in [3.8, 4) is 0 Å². The van der Waals surface area contributed by atoms with Crippen LogP contribution in [-0.4, -0.2) is 15.4 Å². The summed E-state index contributed by atoms with van der Waals surface area (Å²) >= 11 is 11.7. The number of nitrogens with zero attached hydrogens (tertiary/aromatic N) is 2. The Morgan fingerprint density at radius 2 is 2.12 bits per heavy atom. The third kappa shape index (κ3) is 2.58. The van der Waals surface area contributed by atoms with Gasteiger partial charge in [-0.2, -0.15) is 0 Å². The first-order valence-corrected chi connectivity index (χ1v) is 6.77. The van der Waals surface area contributed by atoms with Crippen LogP contribution in [0, 0.1) is 0 Å². The minimum Gasteiger partial charge on any atom is -0.325 e. The maximum absolute atomic E-state index is 5.99. The molecular formula is C13H16Cl2N2. The largest absolute Gasteiger partial charge is 0.325 e. The zero-order chi connectivity index (χ0) is 12.4. The summed E-state index contributed by atoms with van der Waals surface area (Å²) in [7, 11) is 0. The monoisotopic (exact) mass is 270 g/mol. The molecule has 1 aromatic carbocycles. The molecular weight excluding hydrogens is 255 g/mol. The molecule has 0 aliphatic rings. The van der Waals surface area contributed by atoms with Gasteiger partial charge in [-0.05, 0) is 38.5 Å². The molecule has 0 saturated heterocycles. The Labute approximate surface area is 112 Å². The van der Waals surface area contributed by atoms with E-state index in [2.05, 4.69) is 23.4 Å². The number of benzene rings is 1. The van der Waals surface area contributed by atoms with Crippen LogP contribution in [0.2, 0.25) is 5.02 Å². The number of aromatic nitrogens is 2. The fourth-order valence-corrected chi connectivity index (χ4v) is 2.40. The molecule has 2 rings (SSSR count). The Kier molecular flexibility index (Phi) is 3.95. The van der Waals surface area contributed by atoms with Gasteiger partial charge in [0.2, 0.25) is 0 Å². The highest BCUT2D eigenvalue weighted by Crippen LogP contribution is 2.24. The Balaban J connectivity index is 2.53. The molecule has 17 heavy (non-hydrogen) atoms. The lowest BCUT2D eigenvalue weighted by Gasteiger charge is -2.12. The number of rotatable bonds is 4. The quantitative estimate of drug-likeness (QED) is 0.751. The van der Waals surface area contributed by atoms with E-state index in [9.17, 15) is 0 Å². The number of halogens is 2. The van der Waals surface area contributed by atoms with E-state index in [1.165, 1.54) is 0 Å². The van der Waals surface area contributed by atoms with Gasteiger partial charge in [0.15, 0.2) is 0 Å². The van der Waals surface area contributed by atoms with Crippen LogP contribution < -0.4 is 0 Å². The highest BCUT2D eigenvalue weighted by molar-refractivity contribution is 6.31. The molecule has 0 unspecified atom stereocenters. The topological polar surface area (TPSA) is 17.8 Å². The summed E-state index contributed by atoms with van der Waals surface area (Å²) in [6.45, 7) is 4.33. The minimum absolute atomic E-state index is 0.395. The van der Waals surface area contributed by atoms with Crippen molar-refractivity contribution >= 4 is 34.2 Å². The molecule has 1 heterocycles. The molecule has 0 aliphatic heterocycles. The number of fused-ring (bicyclic) bond motifs is 1. The Hall–Kier alpha value is -0.730. The van der Waals surface area contributed by atoms with Crippen molar-refractivity contribution in [2.45, 2.75) is 32.7 Å². The molecule has 0 bridgehead atoms. The van der Waals surface area contributed by atoms with Crippen LogP contribution in [0.15, 0.2) is 18.2 Å². The zero-order valence-electron chi connectivity index (χ0n) is 10.1. The summed E-state index contributed by atoms with van der Waals surface area (Å²) in [5.41, 5.74) is 2.12. The molecule has 0 fully saturated rings. The maximum Gasteiger partial charge on any atom is 0.110 e. The smallest absolute Gasteiger partial charge is 0.110 e. The average molecular weight is 271 g/mol. The van der Waals surface area contributed by atoms with Crippen LogP contribution in [0.4, 0.5) is 0 Å². The Bertz CT molecular complexity index is 517. The van der Waals surface area contributed by atoms with Crippen LogP contribution in [0.1, 0.15) is 32.1 Å². The molecule has 2 aromatic rings. The van der Waals surface area contributed by atoms with E-state index in [0.29, 0.717) is 11.9 Å². The number of hydrogen-bond donors (Lipinski definition) is 0. The third-order valence-electron chi connectivity index (χ3n) is 2.77. The van der Waals surface area contributed by atoms with Crippen molar-refractivity contribution in [3.05, 3.63) is 29.0 Å². The van der Waals surface area contributed by atoms with Crippen molar-refractivity contribution in [1.82, 2.24) is 9.55 Å². The maximum atomic E-state index is 5.99. The Morgan fingerprint density at radius 3 is 2.76 bits per heavy atom. The number of imidazole rings is 1. The van der Waals surface area contributed by atoms with Crippen molar-refractivity contribution in [2.75, 3.05) is 5.88 Å². The standard InChI is InChI=1S/C13H16Cl2N2/c1-9(2)17-12-6-5-10(15)8-11(12)16-13(17)4-3-7-14/h5-6,8-9H,3-4,7H2,1-2H3. The second-order valence-electron chi connectivity index (χ2n) is 4.42. The number of hydrogen-bond acceptors (Lipinski definition) is 1. The van der Waals surface area contributed by atoms with Gasteiger partial charge in [-0.25, -0.2) is 4.98 Å². The second kappa shape index (κ2) is 5.28. The highest BCUT2D eigenvalue weighted by atomic mass is 35.5. The summed E-state index contributed by atoms with van der Waals surface area (Å²) in [5, 5.41) is 0.731. The van der Waals surface area contributed by atoms with Crippen molar-refractivity contribution in [3.63, 3.8) is 0 Å². The second-order valence-corrected chi connectivity index (χ2v) is 5.23. The normalized spacial score (nSPS) is 11.6. The van der Waals surface area contributed by atoms with E-state index in [4.69, 9.17) is 23.2 Å². The van der Waals surface area contributed by atoms with Gasteiger partial charge in [0.1, 0.15) is 5.82 Å². The molecule has 2 nitrogen and oxygen atoms in total. The first kappa shape index (κ1) is 12.7. The zero-order valence-corrected chi connectivity index (χ0v) is 11.6. The number of alkyl halides is 1. The molecule has 0 radical (unpaired) electrons. The van der Waals surface area contributed by atoms with Gasteiger partial charge in [-0.1, -0.05) is 11.6 Å². The van der Waals surface area contributed by atoms with Crippen molar-refractivity contribution in [2.24, 2.45) is 0 Å². The van der Waals surface area contributed by atoms with Gasteiger partial charge in [0.25, 0.3) is 0 Å². The summed E-state index contributed by atoms with van der Waals surface area (Å²) in [6, 6.07) is 6.26. The van der Waals surface area contributed by atoms with Crippen LogP contribution in [0.3, 0.4) is 0 Å². The molecule has 0 aliphatic carbocycles. The average Bonchev–Trinajstić information content (AvgIpc) is 2.63. The molecule has 4 heteroatoms. The third-order valence-corrected chi connectivity index (χ3v) is 3.28. The van der Waals surface area contributed by atoms with Crippen LogP contribution in [0.5, 0.6) is 0 Å². The summed E-state index contributed by atoms with van der Waals surface area (Å²) in [4.78, 5) is 4.65. The van der Waals surface area contributed by atoms with Gasteiger partial charge >= 0.3 is 0 Å². The molecule has 0 spiro atoms. The van der Waals surface area contributed by atoms with Crippen LogP contribution >= 0.6 is 23.2 Å².